The van der Waals surface area contributed by atoms with Crippen molar-refractivity contribution in [2.75, 3.05) is 18.4 Å². The largest absolute Gasteiger partial charge is 0.419 e. The Morgan fingerprint density at radius 1 is 1.23 bits per heavy atom. The quantitative estimate of drug-likeness (QED) is 0.588. The zero-order valence-corrected chi connectivity index (χ0v) is 17.1. The Morgan fingerprint density at radius 2 is 2.10 bits per heavy atom. The Balaban J connectivity index is 1.59. The average Bonchev–Trinajstić information content (AvgIpc) is 3.26. The molecule has 0 radical (unpaired) electrons. The second-order valence-corrected chi connectivity index (χ2v) is 8.02. The van der Waals surface area contributed by atoms with Crippen LogP contribution in [0.4, 0.5) is 19.1 Å². The van der Waals surface area contributed by atoms with Crippen molar-refractivity contribution in [2.24, 2.45) is 0 Å². The van der Waals surface area contributed by atoms with Crippen molar-refractivity contribution in [1.82, 2.24) is 35.0 Å². The third-order valence-corrected chi connectivity index (χ3v) is 5.93. The molecule has 3 N–H and O–H groups in total. The Kier molecular flexibility index (Phi) is 4.92. The first-order valence-electron chi connectivity index (χ1n) is 10.4. The summed E-state index contributed by atoms with van der Waals surface area (Å²) in [6, 6.07) is 0.0863. The van der Waals surface area contributed by atoms with Crippen molar-refractivity contribution in [2.45, 2.75) is 51.4 Å². The molecule has 1 fully saturated rings. The lowest BCUT2D eigenvalue weighted by Crippen LogP contribution is -2.38. The number of nitrogens with zero attached hydrogens (tertiary/aromatic N) is 5. The lowest BCUT2D eigenvalue weighted by molar-refractivity contribution is -0.137. The molecule has 0 amide bonds. The van der Waals surface area contributed by atoms with Crippen LogP contribution in [0.25, 0.3) is 22.8 Å². The minimum atomic E-state index is -4.56. The van der Waals surface area contributed by atoms with Gasteiger partial charge in [0.25, 0.3) is 0 Å². The molecule has 2 aliphatic rings. The monoisotopic (exact) mass is 432 g/mol. The lowest BCUT2D eigenvalue weighted by Gasteiger charge is -2.24. The smallest absolute Gasteiger partial charge is 0.358 e. The third kappa shape index (κ3) is 3.67. The molecule has 3 aromatic heterocycles. The fourth-order valence-electron chi connectivity index (χ4n) is 4.39. The van der Waals surface area contributed by atoms with Crippen molar-refractivity contribution >= 4 is 5.95 Å². The van der Waals surface area contributed by atoms with Crippen molar-refractivity contribution in [3.8, 4) is 22.8 Å². The molecule has 11 heteroatoms. The zero-order chi connectivity index (χ0) is 21.6. The maximum absolute atomic E-state index is 13.8. The standard InChI is InChI=1S/C20H23F3N8/c1-11-29-30-18-17-13(5-3-7-31(11)18)14(9-25-17)16-15(20(21,22)23)10-26-19(28-16)27-12-4-2-6-24-8-12/h9-10,12,24-25H,2-8H2,1H3,(H,26,27,28)/t12-/m0/s1. The van der Waals surface area contributed by atoms with Gasteiger partial charge in [-0.2, -0.15) is 13.2 Å². The minimum Gasteiger partial charge on any atom is -0.358 e. The van der Waals surface area contributed by atoms with Crippen LogP contribution in [-0.4, -0.2) is 48.8 Å². The summed E-state index contributed by atoms with van der Waals surface area (Å²) in [7, 11) is 0. The maximum Gasteiger partial charge on any atom is 0.419 e. The minimum absolute atomic E-state index is 0.0863. The predicted octanol–water partition coefficient (Wildman–Crippen LogP) is 3.17. The molecule has 5 rings (SSSR count). The van der Waals surface area contributed by atoms with E-state index in [1.54, 1.807) is 6.20 Å². The summed E-state index contributed by atoms with van der Waals surface area (Å²) in [5.74, 6) is 1.63. The van der Waals surface area contributed by atoms with Crippen LogP contribution in [0, 0.1) is 6.92 Å². The normalized spacial score (nSPS) is 18.9. The summed E-state index contributed by atoms with van der Waals surface area (Å²) in [6.07, 6.45) is 1.21. The van der Waals surface area contributed by atoms with E-state index in [1.165, 1.54) is 0 Å². The van der Waals surface area contributed by atoms with Gasteiger partial charge in [0.1, 0.15) is 11.4 Å². The number of fused-ring (bicyclic) bond motifs is 3. The van der Waals surface area contributed by atoms with Crippen LogP contribution in [0.1, 0.15) is 36.2 Å². The third-order valence-electron chi connectivity index (χ3n) is 5.93. The van der Waals surface area contributed by atoms with Gasteiger partial charge in [-0.3, -0.25) is 0 Å². The molecule has 1 saturated heterocycles. The van der Waals surface area contributed by atoms with Gasteiger partial charge in [-0.25, -0.2) is 9.97 Å². The molecular weight excluding hydrogens is 409 g/mol. The van der Waals surface area contributed by atoms with Crippen LogP contribution in [-0.2, 0) is 19.1 Å². The summed E-state index contributed by atoms with van der Waals surface area (Å²) in [5.41, 5.74) is 0.953. The van der Waals surface area contributed by atoms with E-state index in [0.717, 1.165) is 49.9 Å². The molecule has 8 nitrogen and oxygen atoms in total. The van der Waals surface area contributed by atoms with Gasteiger partial charge in [0.2, 0.25) is 5.95 Å². The van der Waals surface area contributed by atoms with Crippen LogP contribution in [0.2, 0.25) is 0 Å². The number of aromatic amines is 1. The number of aryl methyl sites for hydroxylation is 1. The summed E-state index contributed by atoms with van der Waals surface area (Å²) in [6.45, 7) is 4.26. The second-order valence-electron chi connectivity index (χ2n) is 8.02. The number of H-pyrrole nitrogens is 1. The molecule has 164 valence electrons. The number of nitrogens with one attached hydrogen (secondary N) is 3. The number of halogens is 3. The SMILES string of the molecule is Cc1nnc2n1CCCc1c(-c3nc(N[C@H]4CCCNC4)ncc3C(F)(F)F)c[nH]c1-2. The van der Waals surface area contributed by atoms with E-state index in [1.807, 2.05) is 11.5 Å². The highest BCUT2D eigenvalue weighted by Crippen LogP contribution is 2.40. The molecule has 2 aliphatic heterocycles. The lowest BCUT2D eigenvalue weighted by atomic mass is 10.0. The molecule has 0 aromatic carbocycles. The van der Waals surface area contributed by atoms with Gasteiger partial charge in [-0.1, -0.05) is 0 Å². The predicted molar refractivity (Wildman–Crippen MR) is 108 cm³/mol. The molecule has 1 atom stereocenters. The van der Waals surface area contributed by atoms with E-state index in [-0.39, 0.29) is 17.7 Å². The first kappa shape index (κ1) is 20.0. The highest BCUT2D eigenvalue weighted by Gasteiger charge is 2.37. The second kappa shape index (κ2) is 7.63. The topological polar surface area (TPSA) is 96.3 Å². The van der Waals surface area contributed by atoms with E-state index >= 15 is 0 Å². The number of rotatable bonds is 3. The summed E-state index contributed by atoms with van der Waals surface area (Å²) in [5, 5.41) is 14.8. The van der Waals surface area contributed by atoms with Gasteiger partial charge < -0.3 is 20.2 Å². The number of alkyl halides is 3. The van der Waals surface area contributed by atoms with Crippen LogP contribution in [0.5, 0.6) is 0 Å². The number of hydrogen-bond acceptors (Lipinski definition) is 6. The van der Waals surface area contributed by atoms with Crippen molar-refractivity contribution in [1.29, 1.82) is 0 Å². The van der Waals surface area contributed by atoms with Gasteiger partial charge in [0.15, 0.2) is 5.82 Å². The van der Waals surface area contributed by atoms with E-state index in [2.05, 4.69) is 35.8 Å². The van der Waals surface area contributed by atoms with Gasteiger partial charge in [0.05, 0.1) is 11.4 Å². The summed E-state index contributed by atoms with van der Waals surface area (Å²) >= 11 is 0. The molecule has 5 heterocycles. The Bertz CT molecular complexity index is 1090. The molecule has 0 saturated carbocycles. The van der Waals surface area contributed by atoms with Gasteiger partial charge in [-0.05, 0) is 44.7 Å². The molecule has 3 aromatic rings. The van der Waals surface area contributed by atoms with Crippen LogP contribution in [0.15, 0.2) is 12.4 Å². The number of piperidine rings is 1. The zero-order valence-electron chi connectivity index (χ0n) is 17.1. The van der Waals surface area contributed by atoms with Crippen molar-refractivity contribution in [3.05, 3.63) is 29.3 Å². The first-order chi connectivity index (χ1) is 14.9. The summed E-state index contributed by atoms with van der Waals surface area (Å²) in [4.78, 5) is 11.4. The Hall–Kier alpha value is -2.95. The van der Waals surface area contributed by atoms with E-state index in [4.69, 9.17) is 0 Å². The van der Waals surface area contributed by atoms with Crippen LogP contribution >= 0.6 is 0 Å². The fraction of sp³-hybridized carbons (Fsp3) is 0.500. The highest BCUT2D eigenvalue weighted by atomic mass is 19.4. The van der Waals surface area contributed by atoms with Crippen LogP contribution in [0.3, 0.4) is 0 Å². The average molecular weight is 432 g/mol. The van der Waals surface area contributed by atoms with Gasteiger partial charge in [-0.15, -0.1) is 10.2 Å². The number of anilines is 1. The maximum atomic E-state index is 13.8. The van der Waals surface area contributed by atoms with Gasteiger partial charge >= 0.3 is 6.18 Å². The van der Waals surface area contributed by atoms with Crippen molar-refractivity contribution in [3.63, 3.8) is 0 Å². The molecule has 31 heavy (non-hydrogen) atoms. The Morgan fingerprint density at radius 3 is 2.87 bits per heavy atom. The first-order valence-corrected chi connectivity index (χ1v) is 10.4. The van der Waals surface area contributed by atoms with Crippen LogP contribution < -0.4 is 10.6 Å². The van der Waals surface area contributed by atoms with E-state index < -0.39 is 11.7 Å². The van der Waals surface area contributed by atoms with Gasteiger partial charge in [0, 0.05) is 37.1 Å². The summed E-state index contributed by atoms with van der Waals surface area (Å²) < 4.78 is 43.5. The van der Waals surface area contributed by atoms with E-state index in [0.29, 0.717) is 30.0 Å². The fourth-order valence-corrected chi connectivity index (χ4v) is 4.39. The molecule has 0 unspecified atom stereocenters. The van der Waals surface area contributed by atoms with E-state index in [9.17, 15) is 13.2 Å². The molecule has 0 spiro atoms. The Labute approximate surface area is 176 Å². The molecular formula is C20H23F3N8. The molecule has 0 bridgehead atoms. The highest BCUT2D eigenvalue weighted by molar-refractivity contribution is 5.75. The number of aromatic nitrogens is 6. The molecule has 0 aliphatic carbocycles. The number of hydrogen-bond donors (Lipinski definition) is 3. The van der Waals surface area contributed by atoms with Crippen molar-refractivity contribution < 1.29 is 13.2 Å².